The third kappa shape index (κ3) is 5.44. The van der Waals surface area contributed by atoms with E-state index in [0.29, 0.717) is 13.0 Å². The Hall–Kier alpha value is -2.11. The van der Waals surface area contributed by atoms with Crippen molar-refractivity contribution >= 4 is 11.9 Å². The van der Waals surface area contributed by atoms with Gasteiger partial charge in [-0.05, 0) is 31.4 Å². The molecule has 0 aromatic carbocycles. The molecule has 25 heavy (non-hydrogen) atoms. The predicted molar refractivity (Wildman–Crippen MR) is 98.0 cm³/mol. The van der Waals surface area contributed by atoms with E-state index in [1.165, 1.54) is 11.3 Å². The maximum Gasteiger partial charge on any atom is 0.318 e. The average Bonchev–Trinajstić information content (AvgIpc) is 2.64. The van der Waals surface area contributed by atoms with Gasteiger partial charge in [0.25, 0.3) is 0 Å². The van der Waals surface area contributed by atoms with Gasteiger partial charge < -0.3 is 15.1 Å². The van der Waals surface area contributed by atoms with Gasteiger partial charge in [-0.3, -0.25) is 9.78 Å². The Kier molecular flexibility index (Phi) is 7.22. The summed E-state index contributed by atoms with van der Waals surface area (Å²) in [6.07, 6.45) is 7.86. The average molecular weight is 346 g/mol. The summed E-state index contributed by atoms with van der Waals surface area (Å²) in [6, 6.07) is 5.30. The van der Waals surface area contributed by atoms with E-state index in [-0.39, 0.29) is 18.0 Å². The Morgan fingerprint density at radius 3 is 2.52 bits per heavy atom. The summed E-state index contributed by atoms with van der Waals surface area (Å²) >= 11 is 0. The topological polar surface area (TPSA) is 65.5 Å². The van der Waals surface area contributed by atoms with E-state index >= 15 is 0 Å². The van der Waals surface area contributed by atoms with Gasteiger partial charge in [-0.15, -0.1) is 0 Å². The fraction of sp³-hybridized carbons (Fsp3) is 0.632. The van der Waals surface area contributed by atoms with Gasteiger partial charge in [0.1, 0.15) is 6.04 Å². The zero-order valence-electron chi connectivity index (χ0n) is 15.6. The number of likely N-dealkylation sites (N-methyl/N-ethyl adjacent to an activating group) is 1. The minimum absolute atomic E-state index is 0.0720. The lowest BCUT2D eigenvalue weighted by atomic mass is 9.94. The smallest absolute Gasteiger partial charge is 0.318 e. The third-order valence-corrected chi connectivity index (χ3v) is 4.78. The number of carbonyl (C=O) groups excluding carboxylic acids is 2. The molecule has 3 amide bonds. The number of hydrogen-bond acceptors (Lipinski definition) is 3. The quantitative estimate of drug-likeness (QED) is 0.861. The van der Waals surface area contributed by atoms with Crippen LogP contribution in [0.1, 0.15) is 51.1 Å². The van der Waals surface area contributed by atoms with E-state index in [0.717, 1.165) is 31.4 Å². The second kappa shape index (κ2) is 9.39. The molecule has 0 unspecified atom stereocenters. The molecule has 2 rings (SSSR count). The van der Waals surface area contributed by atoms with E-state index in [9.17, 15) is 9.59 Å². The number of amides is 3. The van der Waals surface area contributed by atoms with Crippen molar-refractivity contribution in [3.8, 4) is 0 Å². The van der Waals surface area contributed by atoms with Gasteiger partial charge in [0, 0.05) is 26.3 Å². The number of carbonyl (C=O) groups is 2. The van der Waals surface area contributed by atoms with Crippen LogP contribution in [0.3, 0.4) is 0 Å². The first-order chi connectivity index (χ1) is 12.0. The van der Waals surface area contributed by atoms with Gasteiger partial charge in [0.05, 0.1) is 12.2 Å². The molecule has 138 valence electrons. The summed E-state index contributed by atoms with van der Waals surface area (Å²) < 4.78 is 0. The molecule has 1 fully saturated rings. The minimum atomic E-state index is -0.489. The Bertz CT molecular complexity index is 556. The van der Waals surface area contributed by atoms with Crippen LogP contribution in [-0.2, 0) is 11.3 Å². The van der Waals surface area contributed by atoms with Crippen molar-refractivity contribution in [1.82, 2.24) is 20.1 Å². The van der Waals surface area contributed by atoms with Crippen molar-refractivity contribution < 1.29 is 9.59 Å². The first-order valence-corrected chi connectivity index (χ1v) is 9.21. The highest BCUT2D eigenvalue weighted by atomic mass is 16.2. The molecule has 6 heteroatoms. The third-order valence-electron chi connectivity index (χ3n) is 4.78. The summed E-state index contributed by atoms with van der Waals surface area (Å²) in [5.41, 5.74) is 0.871. The summed E-state index contributed by atoms with van der Waals surface area (Å²) in [6.45, 7) is 2.39. The van der Waals surface area contributed by atoms with Crippen LogP contribution >= 0.6 is 0 Å². The second-order valence-corrected chi connectivity index (χ2v) is 6.88. The maximum atomic E-state index is 13.0. The van der Waals surface area contributed by atoms with E-state index in [4.69, 9.17) is 0 Å². The van der Waals surface area contributed by atoms with Crippen LogP contribution in [0.4, 0.5) is 4.79 Å². The van der Waals surface area contributed by atoms with Crippen LogP contribution in [0.5, 0.6) is 0 Å². The lowest BCUT2D eigenvalue weighted by Crippen LogP contribution is -2.53. The number of pyridine rings is 1. The molecule has 0 saturated heterocycles. The van der Waals surface area contributed by atoms with Crippen molar-refractivity contribution in [3.63, 3.8) is 0 Å². The van der Waals surface area contributed by atoms with E-state index in [1.807, 2.05) is 30.0 Å². The molecule has 1 aromatic rings. The van der Waals surface area contributed by atoms with Gasteiger partial charge in [0.2, 0.25) is 5.91 Å². The highest BCUT2D eigenvalue weighted by molar-refractivity contribution is 5.86. The van der Waals surface area contributed by atoms with Crippen LogP contribution in [0.25, 0.3) is 0 Å². The zero-order valence-corrected chi connectivity index (χ0v) is 15.6. The molecule has 1 aromatic heterocycles. The van der Waals surface area contributed by atoms with Crippen LogP contribution in [0.15, 0.2) is 24.4 Å². The van der Waals surface area contributed by atoms with Crippen LogP contribution in [0.2, 0.25) is 0 Å². The predicted octanol–water partition coefficient (Wildman–Crippen LogP) is 2.79. The molecular formula is C19H30N4O2. The maximum absolute atomic E-state index is 13.0. The van der Waals surface area contributed by atoms with Gasteiger partial charge in [-0.2, -0.15) is 0 Å². The molecule has 1 atom stereocenters. The molecule has 6 nitrogen and oxygen atoms in total. The van der Waals surface area contributed by atoms with E-state index in [2.05, 4.69) is 10.3 Å². The Balaban J connectivity index is 2.12. The lowest BCUT2D eigenvalue weighted by molar-refractivity contribution is -0.130. The molecule has 1 aliphatic carbocycles. The van der Waals surface area contributed by atoms with Crippen molar-refractivity contribution in [2.24, 2.45) is 0 Å². The Morgan fingerprint density at radius 2 is 1.96 bits per heavy atom. The molecule has 0 bridgehead atoms. The summed E-state index contributed by atoms with van der Waals surface area (Å²) in [5, 5.41) is 2.93. The molecule has 0 radical (unpaired) electrons. The number of nitrogens with zero attached hydrogens (tertiary/aromatic N) is 3. The second-order valence-electron chi connectivity index (χ2n) is 6.88. The van der Waals surface area contributed by atoms with Crippen LogP contribution in [0, 0.1) is 0 Å². The minimum Gasteiger partial charge on any atom is -0.347 e. The largest absolute Gasteiger partial charge is 0.347 e. The Morgan fingerprint density at radius 1 is 1.24 bits per heavy atom. The fourth-order valence-electron chi connectivity index (χ4n) is 3.31. The fourth-order valence-corrected chi connectivity index (χ4v) is 3.31. The van der Waals surface area contributed by atoms with E-state index < -0.39 is 6.04 Å². The van der Waals surface area contributed by atoms with Gasteiger partial charge in [-0.25, -0.2) is 4.79 Å². The van der Waals surface area contributed by atoms with Crippen molar-refractivity contribution in [2.75, 3.05) is 14.1 Å². The van der Waals surface area contributed by atoms with Gasteiger partial charge in [0.15, 0.2) is 0 Å². The van der Waals surface area contributed by atoms with E-state index in [1.54, 1.807) is 20.3 Å². The number of nitrogens with one attached hydrogen (secondary N) is 1. The Labute approximate surface area is 150 Å². The van der Waals surface area contributed by atoms with Crippen molar-refractivity contribution in [3.05, 3.63) is 30.1 Å². The van der Waals surface area contributed by atoms with Crippen LogP contribution in [-0.4, -0.2) is 52.9 Å². The first-order valence-electron chi connectivity index (χ1n) is 9.21. The normalized spacial score (nSPS) is 16.1. The molecular weight excluding hydrogens is 316 g/mol. The number of rotatable bonds is 6. The molecule has 1 heterocycles. The monoisotopic (exact) mass is 346 g/mol. The SMILES string of the molecule is CC[C@H](NC(=O)N(Cc1ccccn1)C1CCCCC1)C(=O)N(C)C. The van der Waals surface area contributed by atoms with Gasteiger partial charge >= 0.3 is 6.03 Å². The summed E-state index contributed by atoms with van der Waals surface area (Å²) in [5.74, 6) is -0.0720. The molecule has 1 N–H and O–H groups in total. The lowest BCUT2D eigenvalue weighted by Gasteiger charge is -2.35. The molecule has 1 saturated carbocycles. The first kappa shape index (κ1) is 19.2. The highest BCUT2D eigenvalue weighted by Crippen LogP contribution is 2.24. The van der Waals surface area contributed by atoms with Gasteiger partial charge in [-0.1, -0.05) is 32.3 Å². The number of hydrogen-bond donors (Lipinski definition) is 1. The van der Waals surface area contributed by atoms with Crippen molar-refractivity contribution in [2.45, 2.75) is 64.1 Å². The number of urea groups is 1. The summed E-state index contributed by atoms with van der Waals surface area (Å²) in [4.78, 5) is 33.0. The van der Waals surface area contributed by atoms with Crippen LogP contribution < -0.4 is 5.32 Å². The molecule has 0 spiro atoms. The molecule has 0 aliphatic heterocycles. The summed E-state index contributed by atoms with van der Waals surface area (Å²) in [7, 11) is 3.42. The zero-order chi connectivity index (χ0) is 18.2. The number of aromatic nitrogens is 1. The highest BCUT2D eigenvalue weighted by Gasteiger charge is 2.29. The van der Waals surface area contributed by atoms with Crippen molar-refractivity contribution in [1.29, 1.82) is 0 Å². The standard InChI is InChI=1S/C19H30N4O2/c1-4-17(18(24)22(2)3)21-19(25)23(16-11-6-5-7-12-16)14-15-10-8-9-13-20-15/h8-10,13,16-17H,4-7,11-12,14H2,1-3H3,(H,21,25)/t17-/m0/s1. The molecule has 1 aliphatic rings.